The number of rotatable bonds is 3. The lowest BCUT2D eigenvalue weighted by Gasteiger charge is -2.35. The SMILES string of the molecule is O=C(NCc1ccc2c(c1)CCC2)N1CCC(C(=O)N2CCOCC2)CC1. The van der Waals surface area contributed by atoms with Gasteiger partial charge in [-0.1, -0.05) is 18.2 Å². The summed E-state index contributed by atoms with van der Waals surface area (Å²) in [5, 5.41) is 3.04. The molecule has 146 valence electrons. The number of likely N-dealkylation sites (tertiary alicyclic amines) is 1. The quantitative estimate of drug-likeness (QED) is 0.884. The van der Waals surface area contributed by atoms with Gasteiger partial charge >= 0.3 is 6.03 Å². The van der Waals surface area contributed by atoms with E-state index in [1.807, 2.05) is 9.80 Å². The van der Waals surface area contributed by atoms with Crippen molar-refractivity contribution in [1.29, 1.82) is 0 Å². The van der Waals surface area contributed by atoms with Crippen molar-refractivity contribution in [3.05, 3.63) is 34.9 Å². The predicted octanol–water partition coefficient (Wildman–Crippen LogP) is 1.96. The van der Waals surface area contributed by atoms with Crippen molar-refractivity contribution in [3.63, 3.8) is 0 Å². The average molecular weight is 371 g/mol. The van der Waals surface area contributed by atoms with E-state index in [-0.39, 0.29) is 17.9 Å². The number of carbonyl (C=O) groups excluding carboxylic acids is 2. The van der Waals surface area contributed by atoms with Gasteiger partial charge in [-0.2, -0.15) is 0 Å². The highest BCUT2D eigenvalue weighted by atomic mass is 16.5. The topological polar surface area (TPSA) is 61.9 Å². The van der Waals surface area contributed by atoms with E-state index in [2.05, 4.69) is 23.5 Å². The largest absolute Gasteiger partial charge is 0.378 e. The summed E-state index contributed by atoms with van der Waals surface area (Å²) in [7, 11) is 0. The first-order valence-corrected chi connectivity index (χ1v) is 10.2. The van der Waals surface area contributed by atoms with E-state index in [1.54, 1.807) is 0 Å². The minimum absolute atomic E-state index is 0.0206. The molecular formula is C21H29N3O3. The van der Waals surface area contributed by atoms with Crippen LogP contribution < -0.4 is 5.32 Å². The van der Waals surface area contributed by atoms with Gasteiger partial charge in [-0.15, -0.1) is 0 Å². The fraction of sp³-hybridized carbons (Fsp3) is 0.619. The van der Waals surface area contributed by atoms with Crippen LogP contribution in [0.5, 0.6) is 0 Å². The van der Waals surface area contributed by atoms with Crippen molar-refractivity contribution in [2.24, 2.45) is 5.92 Å². The highest BCUT2D eigenvalue weighted by Gasteiger charge is 2.30. The number of nitrogens with zero attached hydrogens (tertiary/aromatic N) is 2. The summed E-state index contributed by atoms with van der Waals surface area (Å²) in [4.78, 5) is 28.8. The Bertz CT molecular complexity index is 692. The predicted molar refractivity (Wildman–Crippen MR) is 102 cm³/mol. The number of aryl methyl sites for hydroxylation is 2. The third kappa shape index (κ3) is 4.26. The molecule has 0 radical (unpaired) electrons. The van der Waals surface area contributed by atoms with Crippen molar-refractivity contribution in [1.82, 2.24) is 15.1 Å². The van der Waals surface area contributed by atoms with E-state index >= 15 is 0 Å². The molecule has 0 bridgehead atoms. The van der Waals surface area contributed by atoms with Gasteiger partial charge in [0.2, 0.25) is 5.91 Å². The van der Waals surface area contributed by atoms with Crippen LogP contribution in [0.2, 0.25) is 0 Å². The van der Waals surface area contributed by atoms with Gasteiger partial charge in [0.15, 0.2) is 0 Å². The molecule has 3 aliphatic rings. The zero-order chi connectivity index (χ0) is 18.6. The van der Waals surface area contributed by atoms with Crippen LogP contribution in [0.3, 0.4) is 0 Å². The van der Waals surface area contributed by atoms with Gasteiger partial charge < -0.3 is 19.9 Å². The number of hydrogen-bond acceptors (Lipinski definition) is 3. The van der Waals surface area contributed by atoms with Crippen LogP contribution in [-0.2, 0) is 28.9 Å². The maximum Gasteiger partial charge on any atom is 0.317 e. The van der Waals surface area contributed by atoms with E-state index in [9.17, 15) is 9.59 Å². The minimum Gasteiger partial charge on any atom is -0.378 e. The van der Waals surface area contributed by atoms with Crippen molar-refractivity contribution >= 4 is 11.9 Å². The molecule has 1 aromatic carbocycles. The Kier molecular flexibility index (Phi) is 5.62. The molecule has 0 unspecified atom stereocenters. The van der Waals surface area contributed by atoms with Crippen molar-refractivity contribution in [2.75, 3.05) is 39.4 Å². The lowest BCUT2D eigenvalue weighted by atomic mass is 9.95. The smallest absolute Gasteiger partial charge is 0.317 e. The molecule has 6 nitrogen and oxygen atoms in total. The first-order chi connectivity index (χ1) is 13.2. The summed E-state index contributed by atoms with van der Waals surface area (Å²) in [6, 6.07) is 6.54. The fourth-order valence-electron chi connectivity index (χ4n) is 4.40. The molecule has 27 heavy (non-hydrogen) atoms. The first kappa shape index (κ1) is 18.3. The first-order valence-electron chi connectivity index (χ1n) is 10.2. The third-order valence-corrected chi connectivity index (χ3v) is 6.06. The zero-order valence-corrected chi connectivity index (χ0v) is 15.9. The number of hydrogen-bond donors (Lipinski definition) is 1. The normalized spacial score (nSPS) is 20.4. The molecule has 1 aromatic rings. The van der Waals surface area contributed by atoms with Crippen molar-refractivity contribution in [3.8, 4) is 0 Å². The van der Waals surface area contributed by atoms with Gasteiger partial charge in [0.1, 0.15) is 0 Å². The molecule has 0 saturated carbocycles. The lowest BCUT2D eigenvalue weighted by molar-refractivity contribution is -0.141. The second-order valence-corrected chi connectivity index (χ2v) is 7.81. The number of amides is 3. The van der Waals surface area contributed by atoms with Gasteiger partial charge in [-0.3, -0.25) is 4.79 Å². The van der Waals surface area contributed by atoms with Gasteiger partial charge in [0.25, 0.3) is 0 Å². The highest BCUT2D eigenvalue weighted by Crippen LogP contribution is 2.23. The van der Waals surface area contributed by atoms with Crippen LogP contribution in [0.25, 0.3) is 0 Å². The molecule has 0 spiro atoms. The van der Waals surface area contributed by atoms with E-state index < -0.39 is 0 Å². The van der Waals surface area contributed by atoms with Gasteiger partial charge in [-0.25, -0.2) is 4.79 Å². The Hall–Kier alpha value is -2.08. The molecule has 0 aromatic heterocycles. The summed E-state index contributed by atoms with van der Waals surface area (Å²) in [5.41, 5.74) is 4.06. The molecule has 0 atom stereocenters. The van der Waals surface area contributed by atoms with E-state index in [4.69, 9.17) is 4.74 Å². The zero-order valence-electron chi connectivity index (χ0n) is 15.9. The fourth-order valence-corrected chi connectivity index (χ4v) is 4.40. The van der Waals surface area contributed by atoms with Crippen LogP contribution in [0, 0.1) is 5.92 Å². The highest BCUT2D eigenvalue weighted by molar-refractivity contribution is 5.80. The number of piperidine rings is 1. The average Bonchev–Trinajstić information content (AvgIpc) is 3.20. The summed E-state index contributed by atoms with van der Waals surface area (Å²) in [6.45, 7) is 4.53. The van der Waals surface area contributed by atoms with Crippen LogP contribution >= 0.6 is 0 Å². The summed E-state index contributed by atoms with van der Waals surface area (Å²) < 4.78 is 5.32. The molecule has 1 aliphatic carbocycles. The Balaban J connectivity index is 1.23. The molecule has 2 aliphatic heterocycles. The molecule has 2 saturated heterocycles. The maximum absolute atomic E-state index is 12.6. The van der Waals surface area contributed by atoms with Crippen LogP contribution in [-0.4, -0.2) is 61.1 Å². The molecule has 1 N–H and O–H groups in total. The second-order valence-electron chi connectivity index (χ2n) is 7.81. The number of fused-ring (bicyclic) bond motifs is 1. The van der Waals surface area contributed by atoms with Crippen LogP contribution in [0.15, 0.2) is 18.2 Å². The Morgan fingerprint density at radius 3 is 2.52 bits per heavy atom. The Labute approximate surface area is 160 Å². The molecule has 2 fully saturated rings. The standard InChI is InChI=1S/C21H29N3O3/c25-20(23-10-12-27-13-11-23)18-6-8-24(9-7-18)21(26)22-15-16-4-5-17-2-1-3-19(17)14-16/h4-5,14,18H,1-3,6-13,15H2,(H,22,26). The Morgan fingerprint density at radius 1 is 1.00 bits per heavy atom. The molecule has 6 heteroatoms. The monoisotopic (exact) mass is 371 g/mol. The van der Waals surface area contributed by atoms with E-state index in [0.717, 1.165) is 19.3 Å². The summed E-state index contributed by atoms with van der Waals surface area (Å²) in [5.74, 6) is 0.278. The van der Waals surface area contributed by atoms with E-state index in [0.29, 0.717) is 45.9 Å². The number of carbonyl (C=O) groups is 2. The summed E-state index contributed by atoms with van der Waals surface area (Å²) >= 11 is 0. The van der Waals surface area contributed by atoms with Gasteiger partial charge in [0.05, 0.1) is 13.2 Å². The van der Waals surface area contributed by atoms with Crippen LogP contribution in [0.1, 0.15) is 36.0 Å². The van der Waals surface area contributed by atoms with Gasteiger partial charge in [0, 0.05) is 38.6 Å². The maximum atomic E-state index is 12.6. The van der Waals surface area contributed by atoms with Crippen LogP contribution in [0.4, 0.5) is 4.79 Å². The number of nitrogens with one attached hydrogen (secondary N) is 1. The van der Waals surface area contributed by atoms with Crippen molar-refractivity contribution < 1.29 is 14.3 Å². The number of benzene rings is 1. The van der Waals surface area contributed by atoms with E-state index in [1.165, 1.54) is 29.5 Å². The number of ether oxygens (including phenoxy) is 1. The second kappa shape index (κ2) is 8.30. The van der Waals surface area contributed by atoms with Crippen molar-refractivity contribution in [2.45, 2.75) is 38.6 Å². The molecule has 2 heterocycles. The number of urea groups is 1. The number of morpholine rings is 1. The third-order valence-electron chi connectivity index (χ3n) is 6.06. The molecule has 4 rings (SSSR count). The van der Waals surface area contributed by atoms with Gasteiger partial charge in [-0.05, 0) is 48.8 Å². The lowest BCUT2D eigenvalue weighted by Crippen LogP contribution is -2.49. The molecular weight excluding hydrogens is 342 g/mol. The minimum atomic E-state index is -0.0206. The Morgan fingerprint density at radius 2 is 1.74 bits per heavy atom. The molecule has 3 amide bonds. The summed E-state index contributed by atoms with van der Waals surface area (Å²) in [6.07, 6.45) is 5.08.